The Hall–Kier alpha value is -3.44. The zero-order valence-corrected chi connectivity index (χ0v) is 15.9. The molecule has 0 unspecified atom stereocenters. The van der Waals surface area contributed by atoms with Crippen molar-refractivity contribution in [3.63, 3.8) is 0 Å². The van der Waals surface area contributed by atoms with Crippen molar-refractivity contribution in [2.24, 2.45) is 0 Å². The highest BCUT2D eigenvalue weighted by atomic mass is 35.5. The third kappa shape index (κ3) is 3.66. The van der Waals surface area contributed by atoms with Crippen molar-refractivity contribution < 1.29 is 4.79 Å². The Labute approximate surface area is 167 Å². The Morgan fingerprint density at radius 3 is 2.46 bits per heavy atom. The molecule has 0 aliphatic carbocycles. The molecule has 4 aromatic rings. The van der Waals surface area contributed by atoms with E-state index >= 15 is 0 Å². The van der Waals surface area contributed by atoms with E-state index in [1.165, 1.54) is 0 Å². The van der Waals surface area contributed by atoms with Crippen molar-refractivity contribution in [1.82, 2.24) is 14.8 Å². The van der Waals surface area contributed by atoms with Gasteiger partial charge in [-0.3, -0.25) is 4.79 Å². The van der Waals surface area contributed by atoms with E-state index in [1.807, 2.05) is 79.7 Å². The minimum atomic E-state index is -0.381. The van der Waals surface area contributed by atoms with Gasteiger partial charge in [0.25, 0.3) is 5.91 Å². The third-order valence-electron chi connectivity index (χ3n) is 4.20. The first kappa shape index (κ1) is 17.9. The molecule has 1 heterocycles. The van der Waals surface area contributed by atoms with Crippen molar-refractivity contribution in [1.29, 1.82) is 0 Å². The van der Waals surface area contributed by atoms with Crippen molar-refractivity contribution in [3.8, 4) is 17.1 Å². The van der Waals surface area contributed by atoms with Crippen molar-refractivity contribution in [2.45, 2.75) is 6.92 Å². The number of carbonyl (C=O) groups is 1. The maximum absolute atomic E-state index is 12.8. The van der Waals surface area contributed by atoms with Crippen LogP contribution in [0.1, 0.15) is 16.2 Å². The number of aromatic nitrogens is 3. The number of amides is 1. The van der Waals surface area contributed by atoms with Crippen LogP contribution in [-0.4, -0.2) is 20.7 Å². The van der Waals surface area contributed by atoms with Gasteiger partial charge in [-0.05, 0) is 36.8 Å². The first-order valence-corrected chi connectivity index (χ1v) is 9.15. The first-order chi connectivity index (χ1) is 13.6. The third-order valence-corrected chi connectivity index (χ3v) is 4.52. The Balaban J connectivity index is 1.77. The van der Waals surface area contributed by atoms with Crippen LogP contribution in [0.5, 0.6) is 0 Å². The average molecular weight is 389 g/mol. The monoisotopic (exact) mass is 388 g/mol. The molecule has 5 nitrogen and oxygen atoms in total. The summed E-state index contributed by atoms with van der Waals surface area (Å²) in [6.45, 7) is 1.97. The average Bonchev–Trinajstić information content (AvgIpc) is 3.14. The summed E-state index contributed by atoms with van der Waals surface area (Å²) in [6.07, 6.45) is 0. The van der Waals surface area contributed by atoms with Gasteiger partial charge in [0.15, 0.2) is 5.82 Å². The fraction of sp³-hybridized carbons (Fsp3) is 0.0455. The summed E-state index contributed by atoms with van der Waals surface area (Å²) in [6, 6.07) is 24.5. The van der Waals surface area contributed by atoms with Gasteiger partial charge < -0.3 is 5.32 Å². The number of aryl methyl sites for hydroxylation is 1. The van der Waals surface area contributed by atoms with Crippen LogP contribution in [0.2, 0.25) is 5.02 Å². The van der Waals surface area contributed by atoms with Crippen LogP contribution < -0.4 is 5.32 Å². The molecule has 0 radical (unpaired) electrons. The molecule has 6 heteroatoms. The SMILES string of the molecule is Cc1cccc(NC(=O)c2nc(-c3ccccc3)n(-c3ccccc3Cl)n2)c1. The van der Waals surface area contributed by atoms with Crippen LogP contribution in [-0.2, 0) is 0 Å². The number of hydrogen-bond acceptors (Lipinski definition) is 3. The number of anilines is 1. The molecule has 3 aromatic carbocycles. The highest BCUT2D eigenvalue weighted by Gasteiger charge is 2.20. The summed E-state index contributed by atoms with van der Waals surface area (Å²) in [7, 11) is 0. The van der Waals surface area contributed by atoms with Gasteiger partial charge in [-0.25, -0.2) is 9.67 Å². The number of benzene rings is 3. The molecule has 1 amide bonds. The summed E-state index contributed by atoms with van der Waals surface area (Å²) in [5, 5.41) is 7.82. The van der Waals surface area contributed by atoms with Crippen molar-refractivity contribution in [3.05, 3.63) is 95.3 Å². The minimum absolute atomic E-state index is 0.0697. The number of para-hydroxylation sites is 1. The second-order valence-electron chi connectivity index (χ2n) is 6.31. The summed E-state index contributed by atoms with van der Waals surface area (Å²) in [5.41, 5.74) is 3.24. The Morgan fingerprint density at radius 1 is 0.964 bits per heavy atom. The van der Waals surface area contributed by atoms with Crippen LogP contribution in [0.4, 0.5) is 5.69 Å². The lowest BCUT2D eigenvalue weighted by atomic mass is 10.2. The Kier molecular flexibility index (Phi) is 4.91. The molecule has 0 spiro atoms. The number of nitrogens with one attached hydrogen (secondary N) is 1. The zero-order chi connectivity index (χ0) is 19.5. The van der Waals surface area contributed by atoms with Gasteiger partial charge in [-0.1, -0.05) is 66.2 Å². The quantitative estimate of drug-likeness (QED) is 0.526. The van der Waals surface area contributed by atoms with Crippen LogP contribution in [0, 0.1) is 6.92 Å². The Morgan fingerprint density at radius 2 is 1.71 bits per heavy atom. The number of carbonyl (C=O) groups excluding carboxylic acids is 1. The van der Waals surface area contributed by atoms with Gasteiger partial charge in [0, 0.05) is 11.3 Å². The molecule has 0 fully saturated rings. The lowest BCUT2D eigenvalue weighted by molar-refractivity contribution is 0.101. The van der Waals surface area contributed by atoms with E-state index in [9.17, 15) is 4.79 Å². The molecular weight excluding hydrogens is 372 g/mol. The van der Waals surface area contributed by atoms with Gasteiger partial charge in [0.05, 0.1) is 10.7 Å². The summed E-state index contributed by atoms with van der Waals surface area (Å²) in [5.74, 6) is 0.233. The van der Waals surface area contributed by atoms with E-state index in [-0.39, 0.29) is 11.7 Å². The largest absolute Gasteiger partial charge is 0.319 e. The lowest BCUT2D eigenvalue weighted by Gasteiger charge is -2.07. The highest BCUT2D eigenvalue weighted by Crippen LogP contribution is 2.26. The van der Waals surface area contributed by atoms with Gasteiger partial charge in [-0.15, -0.1) is 5.10 Å². The van der Waals surface area contributed by atoms with E-state index in [4.69, 9.17) is 11.6 Å². The highest BCUT2D eigenvalue weighted by molar-refractivity contribution is 6.32. The molecule has 1 aromatic heterocycles. The molecular formula is C22H17ClN4O. The van der Waals surface area contributed by atoms with E-state index in [1.54, 1.807) is 10.7 Å². The number of halogens is 1. The standard InChI is InChI=1S/C22H17ClN4O/c1-15-8-7-11-17(14-15)24-22(28)20-25-21(16-9-3-2-4-10-16)27(26-20)19-13-6-5-12-18(19)23/h2-14H,1H3,(H,24,28). The maximum atomic E-state index is 12.8. The van der Waals surface area contributed by atoms with Crippen LogP contribution in [0.25, 0.3) is 17.1 Å². The molecule has 0 aliphatic rings. The van der Waals surface area contributed by atoms with Crippen molar-refractivity contribution >= 4 is 23.2 Å². The first-order valence-electron chi connectivity index (χ1n) is 8.77. The van der Waals surface area contributed by atoms with Crippen LogP contribution >= 0.6 is 11.6 Å². The van der Waals surface area contributed by atoms with E-state index in [2.05, 4.69) is 15.4 Å². The minimum Gasteiger partial charge on any atom is -0.319 e. The predicted octanol–water partition coefficient (Wildman–Crippen LogP) is 5.15. The molecule has 0 aliphatic heterocycles. The fourth-order valence-corrected chi connectivity index (χ4v) is 3.10. The van der Waals surface area contributed by atoms with E-state index in [0.717, 1.165) is 11.1 Å². The summed E-state index contributed by atoms with van der Waals surface area (Å²) >= 11 is 6.37. The van der Waals surface area contributed by atoms with Gasteiger partial charge >= 0.3 is 0 Å². The molecule has 0 saturated carbocycles. The number of nitrogens with zero attached hydrogens (tertiary/aromatic N) is 3. The van der Waals surface area contributed by atoms with Crippen molar-refractivity contribution in [2.75, 3.05) is 5.32 Å². The van der Waals surface area contributed by atoms with Gasteiger partial charge in [0.1, 0.15) is 0 Å². The van der Waals surface area contributed by atoms with E-state index < -0.39 is 0 Å². The molecule has 0 atom stereocenters. The second-order valence-corrected chi connectivity index (χ2v) is 6.72. The molecule has 1 N–H and O–H groups in total. The molecule has 0 saturated heterocycles. The fourth-order valence-electron chi connectivity index (χ4n) is 2.88. The predicted molar refractivity (Wildman–Crippen MR) is 111 cm³/mol. The zero-order valence-electron chi connectivity index (χ0n) is 15.1. The van der Waals surface area contributed by atoms with Gasteiger partial charge in [-0.2, -0.15) is 0 Å². The number of hydrogen-bond donors (Lipinski definition) is 1. The molecule has 138 valence electrons. The maximum Gasteiger partial charge on any atom is 0.295 e. The summed E-state index contributed by atoms with van der Waals surface area (Å²) < 4.78 is 1.60. The molecule has 0 bridgehead atoms. The van der Waals surface area contributed by atoms with Crippen LogP contribution in [0.3, 0.4) is 0 Å². The van der Waals surface area contributed by atoms with E-state index in [0.29, 0.717) is 22.2 Å². The lowest BCUT2D eigenvalue weighted by Crippen LogP contribution is -2.14. The topological polar surface area (TPSA) is 59.8 Å². The Bertz CT molecular complexity index is 1140. The molecule has 4 rings (SSSR count). The smallest absolute Gasteiger partial charge is 0.295 e. The normalized spacial score (nSPS) is 10.6. The van der Waals surface area contributed by atoms with Crippen LogP contribution in [0.15, 0.2) is 78.9 Å². The number of rotatable bonds is 4. The van der Waals surface area contributed by atoms with Gasteiger partial charge in [0.2, 0.25) is 5.82 Å². The second kappa shape index (κ2) is 7.66. The molecule has 28 heavy (non-hydrogen) atoms. The summed E-state index contributed by atoms with van der Waals surface area (Å²) in [4.78, 5) is 17.3.